The van der Waals surface area contributed by atoms with Crippen LogP contribution in [0.4, 0.5) is 0 Å². The summed E-state index contributed by atoms with van der Waals surface area (Å²) in [5.41, 5.74) is 6.50. The van der Waals surface area contributed by atoms with E-state index >= 15 is 0 Å². The molecule has 104 valence electrons. The third kappa shape index (κ3) is 4.12. The average molecular weight is 271 g/mol. The Morgan fingerprint density at radius 2 is 1.79 bits per heavy atom. The van der Waals surface area contributed by atoms with Crippen LogP contribution in [0.1, 0.15) is 11.6 Å². The highest BCUT2D eigenvalue weighted by Crippen LogP contribution is 2.33. The number of fused-ring (bicyclic) bond motifs is 1. The number of aliphatic hydroxyl groups excluding tert-OH is 1. The second-order valence-electron chi connectivity index (χ2n) is 3.51. The minimum absolute atomic E-state index is 0.0698. The van der Waals surface area contributed by atoms with Gasteiger partial charge in [0.2, 0.25) is 6.79 Å². The van der Waals surface area contributed by atoms with Crippen LogP contribution >= 0.6 is 0 Å². The van der Waals surface area contributed by atoms with Crippen LogP contribution in [0.5, 0.6) is 11.5 Å². The van der Waals surface area contributed by atoms with Crippen LogP contribution in [-0.4, -0.2) is 40.7 Å². The van der Waals surface area contributed by atoms with Crippen LogP contribution in [0, 0.1) is 0 Å². The van der Waals surface area contributed by atoms with Gasteiger partial charge in [-0.3, -0.25) is 0 Å². The predicted molar refractivity (Wildman–Crippen MR) is 61.9 cm³/mol. The number of aliphatic hydroxyl groups is 1. The fourth-order valence-corrected chi connectivity index (χ4v) is 1.25. The Labute approximate surface area is 108 Å². The van der Waals surface area contributed by atoms with Gasteiger partial charge >= 0.3 is 11.9 Å². The zero-order valence-corrected chi connectivity index (χ0v) is 9.78. The SMILES string of the molecule is NC(CO)c1ccc2c(c1)OCO2.O=C(O)C(=O)O. The number of carboxylic acids is 2. The van der Waals surface area contributed by atoms with Crippen molar-refractivity contribution in [2.75, 3.05) is 13.4 Å². The van der Waals surface area contributed by atoms with Gasteiger partial charge in [-0.2, -0.15) is 0 Å². The molecule has 1 aliphatic heterocycles. The number of benzene rings is 1. The fourth-order valence-electron chi connectivity index (χ4n) is 1.25. The fraction of sp³-hybridized carbons (Fsp3) is 0.273. The smallest absolute Gasteiger partial charge is 0.414 e. The number of nitrogens with two attached hydrogens (primary N) is 1. The van der Waals surface area contributed by atoms with Gasteiger partial charge in [0, 0.05) is 0 Å². The molecular formula is C11H13NO7. The number of hydrogen-bond acceptors (Lipinski definition) is 6. The molecule has 1 unspecified atom stereocenters. The van der Waals surface area contributed by atoms with E-state index in [1.54, 1.807) is 12.1 Å². The molecule has 0 saturated carbocycles. The third-order valence-electron chi connectivity index (χ3n) is 2.20. The highest BCUT2D eigenvalue weighted by Gasteiger charge is 2.15. The Morgan fingerprint density at radius 1 is 1.21 bits per heavy atom. The first-order valence-corrected chi connectivity index (χ1v) is 5.18. The van der Waals surface area contributed by atoms with Crippen LogP contribution in [0.25, 0.3) is 0 Å². The number of rotatable bonds is 2. The maximum Gasteiger partial charge on any atom is 0.414 e. The van der Waals surface area contributed by atoms with E-state index in [0.29, 0.717) is 5.75 Å². The first kappa shape index (κ1) is 14.7. The molecule has 0 radical (unpaired) electrons. The lowest BCUT2D eigenvalue weighted by atomic mass is 10.1. The monoisotopic (exact) mass is 271 g/mol. The molecule has 1 aliphatic rings. The Morgan fingerprint density at radius 3 is 2.32 bits per heavy atom. The second kappa shape index (κ2) is 6.57. The van der Waals surface area contributed by atoms with E-state index in [2.05, 4.69) is 0 Å². The number of carbonyl (C=O) groups is 2. The molecule has 0 spiro atoms. The van der Waals surface area contributed by atoms with Crippen LogP contribution < -0.4 is 15.2 Å². The summed E-state index contributed by atoms with van der Waals surface area (Å²) in [4.78, 5) is 18.2. The van der Waals surface area contributed by atoms with Gasteiger partial charge in [-0.05, 0) is 17.7 Å². The third-order valence-corrected chi connectivity index (χ3v) is 2.20. The quantitative estimate of drug-likeness (QED) is 0.531. The van der Waals surface area contributed by atoms with Crippen molar-refractivity contribution >= 4 is 11.9 Å². The van der Waals surface area contributed by atoms with E-state index in [0.717, 1.165) is 11.3 Å². The van der Waals surface area contributed by atoms with Gasteiger partial charge in [0.1, 0.15) is 0 Å². The van der Waals surface area contributed by atoms with Crippen molar-refractivity contribution in [3.05, 3.63) is 23.8 Å². The summed E-state index contributed by atoms with van der Waals surface area (Å²) in [6.45, 7) is 0.187. The molecule has 5 N–H and O–H groups in total. The molecule has 0 fully saturated rings. The molecule has 0 aliphatic carbocycles. The molecule has 1 atom stereocenters. The van der Waals surface area contributed by atoms with E-state index in [1.165, 1.54) is 0 Å². The Balaban J connectivity index is 0.000000258. The highest BCUT2D eigenvalue weighted by atomic mass is 16.7. The number of carboxylic acid groups (broad SMARTS) is 2. The topological polar surface area (TPSA) is 139 Å². The van der Waals surface area contributed by atoms with Gasteiger partial charge in [0.25, 0.3) is 0 Å². The van der Waals surface area contributed by atoms with Crippen molar-refractivity contribution in [1.82, 2.24) is 0 Å². The minimum atomic E-state index is -1.82. The number of ether oxygens (including phenoxy) is 2. The lowest BCUT2D eigenvalue weighted by Gasteiger charge is -2.08. The Hall–Kier alpha value is -2.32. The summed E-state index contributed by atoms with van der Waals surface area (Å²) in [6.07, 6.45) is 0. The molecule has 0 aromatic heterocycles. The van der Waals surface area contributed by atoms with E-state index in [1.807, 2.05) is 6.07 Å². The summed E-state index contributed by atoms with van der Waals surface area (Å²) < 4.78 is 10.3. The van der Waals surface area contributed by atoms with Crippen molar-refractivity contribution in [3.8, 4) is 11.5 Å². The molecule has 1 aromatic carbocycles. The molecule has 0 amide bonds. The zero-order valence-electron chi connectivity index (χ0n) is 9.78. The van der Waals surface area contributed by atoms with Crippen LogP contribution in [0.3, 0.4) is 0 Å². The largest absolute Gasteiger partial charge is 0.473 e. The molecule has 0 bridgehead atoms. The second-order valence-corrected chi connectivity index (χ2v) is 3.51. The molecule has 0 saturated heterocycles. The van der Waals surface area contributed by atoms with Crippen LogP contribution in [0.2, 0.25) is 0 Å². The van der Waals surface area contributed by atoms with E-state index < -0.39 is 11.9 Å². The Kier molecular flexibility index (Phi) is 5.10. The normalized spacial score (nSPS) is 13.2. The zero-order chi connectivity index (χ0) is 14.4. The number of hydrogen-bond donors (Lipinski definition) is 4. The maximum absolute atomic E-state index is 9.10. The lowest BCUT2D eigenvalue weighted by molar-refractivity contribution is -0.159. The summed E-state index contributed by atoms with van der Waals surface area (Å²) in [5, 5.41) is 23.6. The van der Waals surface area contributed by atoms with Crippen molar-refractivity contribution in [1.29, 1.82) is 0 Å². The first-order chi connectivity index (χ1) is 8.95. The Bertz CT molecular complexity index is 462. The highest BCUT2D eigenvalue weighted by molar-refractivity contribution is 6.27. The molecule has 8 nitrogen and oxygen atoms in total. The molecule has 19 heavy (non-hydrogen) atoms. The molecule has 1 aromatic rings. The molecule has 1 heterocycles. The number of aliphatic carboxylic acids is 2. The summed E-state index contributed by atoms with van der Waals surface area (Å²) in [6, 6.07) is 5.07. The van der Waals surface area contributed by atoms with Gasteiger partial charge in [0.05, 0.1) is 12.6 Å². The van der Waals surface area contributed by atoms with Gasteiger partial charge in [-0.1, -0.05) is 6.07 Å². The van der Waals surface area contributed by atoms with Crippen molar-refractivity contribution < 1.29 is 34.4 Å². The first-order valence-electron chi connectivity index (χ1n) is 5.18. The van der Waals surface area contributed by atoms with Crippen molar-refractivity contribution in [2.45, 2.75) is 6.04 Å². The minimum Gasteiger partial charge on any atom is -0.473 e. The lowest BCUT2D eigenvalue weighted by Crippen LogP contribution is -2.14. The molecular weight excluding hydrogens is 258 g/mol. The molecule has 8 heteroatoms. The van der Waals surface area contributed by atoms with E-state index in [4.69, 9.17) is 40.1 Å². The maximum atomic E-state index is 9.10. The van der Waals surface area contributed by atoms with E-state index in [-0.39, 0.29) is 19.4 Å². The summed E-state index contributed by atoms with van der Waals surface area (Å²) in [5.74, 6) is -2.22. The van der Waals surface area contributed by atoms with Crippen LogP contribution in [-0.2, 0) is 9.59 Å². The predicted octanol–water partition coefficient (Wildman–Crippen LogP) is -0.437. The van der Waals surface area contributed by atoms with Crippen molar-refractivity contribution in [2.24, 2.45) is 5.73 Å². The van der Waals surface area contributed by atoms with Gasteiger partial charge < -0.3 is 30.5 Å². The van der Waals surface area contributed by atoms with E-state index in [9.17, 15) is 0 Å². The molecule has 2 rings (SSSR count). The van der Waals surface area contributed by atoms with Crippen LogP contribution in [0.15, 0.2) is 18.2 Å². The van der Waals surface area contributed by atoms with Crippen molar-refractivity contribution in [3.63, 3.8) is 0 Å². The summed E-state index contributed by atoms with van der Waals surface area (Å²) in [7, 11) is 0. The van der Waals surface area contributed by atoms with Gasteiger partial charge in [0.15, 0.2) is 11.5 Å². The van der Waals surface area contributed by atoms with Gasteiger partial charge in [-0.15, -0.1) is 0 Å². The van der Waals surface area contributed by atoms with Gasteiger partial charge in [-0.25, -0.2) is 9.59 Å². The average Bonchev–Trinajstić information content (AvgIpc) is 2.85. The summed E-state index contributed by atoms with van der Waals surface area (Å²) >= 11 is 0. The standard InChI is InChI=1S/C9H11NO3.C2H2O4/c10-7(4-11)6-1-2-8-9(3-6)13-5-12-8;3-1(4)2(5)6/h1-3,7,11H,4-5,10H2;(H,3,4)(H,5,6).